The van der Waals surface area contributed by atoms with Gasteiger partial charge in [-0.1, -0.05) is 54.1 Å². The lowest BCUT2D eigenvalue weighted by atomic mass is 10.2. The van der Waals surface area contributed by atoms with E-state index in [-0.39, 0.29) is 12.4 Å². The number of benzene rings is 2. The van der Waals surface area contributed by atoms with E-state index in [2.05, 4.69) is 0 Å². The molecule has 2 rings (SSSR count). The lowest BCUT2D eigenvalue weighted by Crippen LogP contribution is -2.08. The molecule has 0 heterocycles. The molecule has 19 heavy (non-hydrogen) atoms. The highest BCUT2D eigenvalue weighted by atomic mass is 35.5. The minimum absolute atomic E-state index is 0.0202. The third-order valence-electron chi connectivity index (χ3n) is 2.50. The zero-order chi connectivity index (χ0) is 13.7. The molecule has 0 aromatic heterocycles. The summed E-state index contributed by atoms with van der Waals surface area (Å²) in [5.74, 6) is -0.124. The first-order chi connectivity index (χ1) is 9.05. The van der Waals surface area contributed by atoms with E-state index in [0.717, 1.165) is 5.56 Å². The van der Waals surface area contributed by atoms with Crippen molar-refractivity contribution < 1.29 is 12.6 Å². The summed E-state index contributed by atoms with van der Waals surface area (Å²) in [7, 11) is -3.58. The second kappa shape index (κ2) is 6.19. The minimum atomic E-state index is -3.58. The van der Waals surface area contributed by atoms with Crippen LogP contribution in [0.1, 0.15) is 11.1 Å². The highest BCUT2D eigenvalue weighted by Gasteiger charge is 2.12. The quantitative estimate of drug-likeness (QED) is 0.794. The maximum absolute atomic E-state index is 11.8. The Morgan fingerprint density at radius 3 is 2.16 bits per heavy atom. The molecule has 0 radical (unpaired) electrons. The molecule has 0 amide bonds. The molecule has 100 valence electrons. The maximum Gasteiger partial charge on any atom is 0.271 e. The third kappa shape index (κ3) is 4.67. The fourth-order valence-corrected chi connectivity index (χ4v) is 2.68. The van der Waals surface area contributed by atoms with E-state index < -0.39 is 10.1 Å². The second-order valence-electron chi connectivity index (χ2n) is 4.08. The van der Waals surface area contributed by atoms with Crippen molar-refractivity contribution in [3.63, 3.8) is 0 Å². The van der Waals surface area contributed by atoms with Crippen molar-refractivity contribution in [2.24, 2.45) is 0 Å². The van der Waals surface area contributed by atoms with Gasteiger partial charge in [0.25, 0.3) is 10.1 Å². The molecule has 0 spiro atoms. The molecule has 0 aliphatic rings. The largest absolute Gasteiger partial charge is 0.271 e. The summed E-state index contributed by atoms with van der Waals surface area (Å²) in [6, 6.07) is 15.8. The molecule has 0 saturated carbocycles. The smallest absolute Gasteiger partial charge is 0.265 e. The van der Waals surface area contributed by atoms with Gasteiger partial charge in [0.05, 0.1) is 6.61 Å². The summed E-state index contributed by atoms with van der Waals surface area (Å²) in [5, 5.41) is 0.607. The van der Waals surface area contributed by atoms with Crippen molar-refractivity contribution >= 4 is 21.7 Å². The van der Waals surface area contributed by atoms with Crippen LogP contribution in [0.3, 0.4) is 0 Å². The standard InChI is InChI=1S/C14H13ClO3S/c15-14-8-6-12(7-9-14)10-18-19(16,17)11-13-4-2-1-3-5-13/h1-9H,10-11H2. The molecule has 0 unspecified atom stereocenters. The average Bonchev–Trinajstić information content (AvgIpc) is 2.39. The zero-order valence-electron chi connectivity index (χ0n) is 10.1. The number of hydrogen-bond acceptors (Lipinski definition) is 3. The van der Waals surface area contributed by atoms with Gasteiger partial charge in [0.1, 0.15) is 5.75 Å². The highest BCUT2D eigenvalue weighted by molar-refractivity contribution is 7.85. The predicted octanol–water partition coefficient (Wildman–Crippen LogP) is 3.39. The van der Waals surface area contributed by atoms with E-state index in [1.165, 1.54) is 0 Å². The molecule has 0 bridgehead atoms. The fourth-order valence-electron chi connectivity index (χ4n) is 1.56. The van der Waals surface area contributed by atoms with E-state index in [9.17, 15) is 8.42 Å². The molecule has 0 fully saturated rings. The van der Waals surface area contributed by atoms with Gasteiger partial charge in [0.15, 0.2) is 0 Å². The summed E-state index contributed by atoms with van der Waals surface area (Å²) in [6.45, 7) is 0.0202. The summed E-state index contributed by atoms with van der Waals surface area (Å²) in [4.78, 5) is 0. The van der Waals surface area contributed by atoms with Gasteiger partial charge in [-0.25, -0.2) is 0 Å². The lowest BCUT2D eigenvalue weighted by molar-refractivity contribution is 0.307. The molecule has 2 aromatic rings. The van der Waals surface area contributed by atoms with E-state index in [4.69, 9.17) is 15.8 Å². The maximum atomic E-state index is 11.8. The van der Waals surface area contributed by atoms with Gasteiger partial charge in [0.2, 0.25) is 0 Å². The lowest BCUT2D eigenvalue weighted by Gasteiger charge is -2.06. The van der Waals surface area contributed by atoms with Gasteiger partial charge in [0, 0.05) is 5.02 Å². The Bertz CT molecular complexity index is 622. The Morgan fingerprint density at radius 1 is 0.895 bits per heavy atom. The third-order valence-corrected chi connectivity index (χ3v) is 3.92. The van der Waals surface area contributed by atoms with Gasteiger partial charge in [-0.3, -0.25) is 4.18 Å². The second-order valence-corrected chi connectivity index (χ2v) is 6.15. The zero-order valence-corrected chi connectivity index (χ0v) is 11.7. The van der Waals surface area contributed by atoms with Crippen molar-refractivity contribution in [1.29, 1.82) is 0 Å². The van der Waals surface area contributed by atoms with E-state index in [0.29, 0.717) is 10.6 Å². The highest BCUT2D eigenvalue weighted by Crippen LogP contribution is 2.13. The van der Waals surface area contributed by atoms with Gasteiger partial charge in [-0.15, -0.1) is 0 Å². The SMILES string of the molecule is O=S(=O)(Cc1ccccc1)OCc1ccc(Cl)cc1. The number of hydrogen-bond donors (Lipinski definition) is 0. The minimum Gasteiger partial charge on any atom is -0.265 e. The van der Waals surface area contributed by atoms with Crippen LogP contribution in [0.5, 0.6) is 0 Å². The van der Waals surface area contributed by atoms with E-state index in [1.54, 1.807) is 48.5 Å². The van der Waals surface area contributed by atoms with Gasteiger partial charge in [-0.2, -0.15) is 8.42 Å². The summed E-state index contributed by atoms with van der Waals surface area (Å²) < 4.78 is 28.6. The van der Waals surface area contributed by atoms with Gasteiger partial charge in [-0.05, 0) is 23.3 Å². The van der Waals surface area contributed by atoms with Crippen LogP contribution in [-0.4, -0.2) is 8.42 Å². The topological polar surface area (TPSA) is 43.4 Å². The molecule has 0 atom stereocenters. The van der Waals surface area contributed by atoms with E-state index >= 15 is 0 Å². The number of rotatable bonds is 5. The van der Waals surface area contributed by atoms with Crippen LogP contribution in [0.15, 0.2) is 54.6 Å². The first-order valence-electron chi connectivity index (χ1n) is 5.71. The molecule has 0 aliphatic heterocycles. The van der Waals surface area contributed by atoms with Crippen LogP contribution in [0, 0.1) is 0 Å². The Hall–Kier alpha value is -1.36. The van der Waals surface area contributed by atoms with Crippen LogP contribution >= 0.6 is 11.6 Å². The molecule has 0 aliphatic carbocycles. The Kier molecular flexibility index (Phi) is 4.58. The molecule has 0 N–H and O–H groups in total. The fraction of sp³-hybridized carbons (Fsp3) is 0.143. The Balaban J connectivity index is 1.96. The molecule has 2 aromatic carbocycles. The monoisotopic (exact) mass is 296 g/mol. The molecular formula is C14H13ClO3S. The normalized spacial score (nSPS) is 11.4. The van der Waals surface area contributed by atoms with Crippen LogP contribution in [0.4, 0.5) is 0 Å². The van der Waals surface area contributed by atoms with Gasteiger partial charge < -0.3 is 0 Å². The Morgan fingerprint density at radius 2 is 1.53 bits per heavy atom. The summed E-state index contributed by atoms with van der Waals surface area (Å²) in [5.41, 5.74) is 1.47. The van der Waals surface area contributed by atoms with Crippen molar-refractivity contribution in [2.75, 3.05) is 0 Å². The molecule has 0 saturated heterocycles. The van der Waals surface area contributed by atoms with E-state index in [1.807, 2.05) is 6.07 Å². The number of halogens is 1. The van der Waals surface area contributed by atoms with Crippen LogP contribution < -0.4 is 0 Å². The van der Waals surface area contributed by atoms with Crippen molar-refractivity contribution in [3.8, 4) is 0 Å². The van der Waals surface area contributed by atoms with Crippen LogP contribution in [0.25, 0.3) is 0 Å². The average molecular weight is 297 g/mol. The predicted molar refractivity (Wildman–Crippen MR) is 75.3 cm³/mol. The first kappa shape index (κ1) is 14.1. The van der Waals surface area contributed by atoms with Crippen molar-refractivity contribution in [1.82, 2.24) is 0 Å². The Labute approximate surface area is 117 Å². The molecule has 5 heteroatoms. The van der Waals surface area contributed by atoms with Gasteiger partial charge >= 0.3 is 0 Å². The summed E-state index contributed by atoms with van der Waals surface area (Å²) in [6.07, 6.45) is 0. The van der Waals surface area contributed by atoms with Crippen molar-refractivity contribution in [2.45, 2.75) is 12.4 Å². The van der Waals surface area contributed by atoms with Crippen LogP contribution in [-0.2, 0) is 26.7 Å². The molecular weight excluding hydrogens is 284 g/mol. The first-order valence-corrected chi connectivity index (χ1v) is 7.66. The van der Waals surface area contributed by atoms with Crippen LogP contribution in [0.2, 0.25) is 5.02 Å². The van der Waals surface area contributed by atoms with Crippen molar-refractivity contribution in [3.05, 3.63) is 70.7 Å². The molecule has 3 nitrogen and oxygen atoms in total. The summed E-state index contributed by atoms with van der Waals surface area (Å²) >= 11 is 5.75.